The highest BCUT2D eigenvalue weighted by Crippen LogP contribution is 2.44. The molecule has 0 radical (unpaired) electrons. The number of esters is 1. The van der Waals surface area contributed by atoms with Crippen molar-refractivity contribution in [2.45, 2.75) is 25.7 Å². The summed E-state index contributed by atoms with van der Waals surface area (Å²) in [5, 5.41) is 8.87. The predicted molar refractivity (Wildman–Crippen MR) is 104 cm³/mol. The fraction of sp³-hybridized carbons (Fsp3) is 0.526. The minimum absolute atomic E-state index is 0. The van der Waals surface area contributed by atoms with Crippen molar-refractivity contribution in [2.75, 3.05) is 32.1 Å². The summed E-state index contributed by atoms with van der Waals surface area (Å²) in [7, 11) is 1.27. The fourth-order valence-corrected chi connectivity index (χ4v) is 3.98. The minimum atomic E-state index is -0.506. The van der Waals surface area contributed by atoms with Crippen molar-refractivity contribution in [3.63, 3.8) is 0 Å². The van der Waals surface area contributed by atoms with Crippen molar-refractivity contribution in [3.8, 4) is 0 Å². The Hall–Kier alpha value is -2.12. The summed E-state index contributed by atoms with van der Waals surface area (Å²) in [4.78, 5) is 36.0. The number of hydrogen-bond acceptors (Lipinski definition) is 5. The molecule has 1 aliphatic heterocycles. The fourth-order valence-electron chi connectivity index (χ4n) is 3.98. The van der Waals surface area contributed by atoms with Gasteiger partial charge in [0.05, 0.1) is 12.5 Å². The Kier molecular flexibility index (Phi) is 7.21. The lowest BCUT2D eigenvalue weighted by atomic mass is 9.67. The molecule has 2 amide bonds. The Balaban J connectivity index is 0.00000261. The molecule has 1 saturated carbocycles. The number of amides is 2. The third-order valence-electron chi connectivity index (χ3n) is 5.52. The maximum Gasteiger partial charge on any atom is 0.325 e. The number of anilines is 1. The van der Waals surface area contributed by atoms with Crippen molar-refractivity contribution in [1.29, 1.82) is 0 Å². The van der Waals surface area contributed by atoms with Gasteiger partial charge in [0, 0.05) is 17.8 Å². The van der Waals surface area contributed by atoms with Crippen LogP contribution in [-0.2, 0) is 14.3 Å². The quantitative estimate of drug-likeness (QED) is 0.660. The van der Waals surface area contributed by atoms with Gasteiger partial charge in [-0.3, -0.25) is 14.4 Å². The first-order chi connectivity index (χ1) is 12.5. The Labute approximate surface area is 165 Å². The lowest BCUT2D eigenvalue weighted by molar-refractivity contribution is -0.139. The van der Waals surface area contributed by atoms with Crippen LogP contribution in [0.25, 0.3) is 0 Å². The van der Waals surface area contributed by atoms with Gasteiger partial charge in [0.25, 0.3) is 5.91 Å². The molecule has 27 heavy (non-hydrogen) atoms. The summed E-state index contributed by atoms with van der Waals surface area (Å²) in [5.74, 6) is -0.400. The Morgan fingerprint density at radius 2 is 1.96 bits per heavy atom. The molecule has 2 atom stereocenters. The molecule has 1 saturated heterocycles. The smallest absolute Gasteiger partial charge is 0.325 e. The Bertz CT molecular complexity index is 695. The molecule has 0 spiro atoms. The SMILES string of the molecule is COC(=O)CNC(=O)c1ccc(NC(=O)[C@@]23CCCC[C@H]2CNC3)cc1.Cl. The maximum atomic E-state index is 12.9. The largest absolute Gasteiger partial charge is 0.468 e. The van der Waals surface area contributed by atoms with E-state index in [2.05, 4.69) is 20.7 Å². The number of carbonyl (C=O) groups is 3. The van der Waals surface area contributed by atoms with E-state index in [4.69, 9.17) is 0 Å². The van der Waals surface area contributed by atoms with Gasteiger partial charge >= 0.3 is 5.97 Å². The predicted octanol–water partition coefficient (Wildman–Crippen LogP) is 1.73. The second-order valence-corrected chi connectivity index (χ2v) is 7.02. The number of fused-ring (bicyclic) bond motifs is 1. The normalized spacial score (nSPS) is 23.5. The van der Waals surface area contributed by atoms with Crippen LogP contribution in [0.2, 0.25) is 0 Å². The van der Waals surface area contributed by atoms with E-state index >= 15 is 0 Å². The molecule has 3 N–H and O–H groups in total. The summed E-state index contributed by atoms with van der Waals surface area (Å²) < 4.78 is 4.48. The van der Waals surface area contributed by atoms with E-state index < -0.39 is 5.97 Å². The van der Waals surface area contributed by atoms with E-state index in [1.165, 1.54) is 13.5 Å². The summed E-state index contributed by atoms with van der Waals surface area (Å²) in [6.45, 7) is 1.47. The van der Waals surface area contributed by atoms with Gasteiger partial charge in [-0.1, -0.05) is 12.8 Å². The molecule has 2 fully saturated rings. The zero-order chi connectivity index (χ0) is 18.6. The van der Waals surface area contributed by atoms with Gasteiger partial charge in [-0.15, -0.1) is 12.4 Å². The van der Waals surface area contributed by atoms with Gasteiger partial charge < -0.3 is 20.7 Å². The van der Waals surface area contributed by atoms with Gasteiger partial charge in [0.2, 0.25) is 5.91 Å². The molecule has 1 aromatic carbocycles. The lowest BCUT2D eigenvalue weighted by Gasteiger charge is -2.37. The molecular formula is C19H26ClN3O4. The average Bonchev–Trinajstić information content (AvgIpc) is 3.11. The Morgan fingerprint density at radius 1 is 1.22 bits per heavy atom. The minimum Gasteiger partial charge on any atom is -0.468 e. The number of carbonyl (C=O) groups excluding carboxylic acids is 3. The monoisotopic (exact) mass is 395 g/mol. The molecule has 1 heterocycles. The van der Waals surface area contributed by atoms with E-state index in [1.54, 1.807) is 24.3 Å². The molecule has 3 rings (SSSR count). The number of rotatable bonds is 5. The summed E-state index contributed by atoms with van der Waals surface area (Å²) in [5.41, 5.74) is 0.780. The van der Waals surface area contributed by atoms with Crippen LogP contribution in [0.3, 0.4) is 0 Å². The second-order valence-electron chi connectivity index (χ2n) is 7.02. The molecule has 7 nitrogen and oxygen atoms in total. The van der Waals surface area contributed by atoms with Crippen LogP contribution in [0, 0.1) is 11.3 Å². The molecule has 148 valence electrons. The van der Waals surface area contributed by atoms with Crippen LogP contribution < -0.4 is 16.0 Å². The third-order valence-corrected chi connectivity index (χ3v) is 5.52. The highest BCUT2D eigenvalue weighted by atomic mass is 35.5. The first kappa shape index (κ1) is 21.2. The number of nitrogens with one attached hydrogen (secondary N) is 3. The van der Waals surface area contributed by atoms with Crippen molar-refractivity contribution in [3.05, 3.63) is 29.8 Å². The number of hydrogen-bond donors (Lipinski definition) is 3. The van der Waals surface area contributed by atoms with Crippen LogP contribution in [-0.4, -0.2) is 44.5 Å². The van der Waals surface area contributed by atoms with Crippen molar-refractivity contribution < 1.29 is 19.1 Å². The molecule has 0 aromatic heterocycles. The van der Waals surface area contributed by atoms with Crippen LogP contribution in [0.1, 0.15) is 36.0 Å². The van der Waals surface area contributed by atoms with E-state index in [1.807, 2.05) is 0 Å². The van der Waals surface area contributed by atoms with Crippen molar-refractivity contribution in [2.24, 2.45) is 11.3 Å². The van der Waals surface area contributed by atoms with Crippen LogP contribution in [0.15, 0.2) is 24.3 Å². The van der Waals surface area contributed by atoms with Crippen LogP contribution >= 0.6 is 12.4 Å². The van der Waals surface area contributed by atoms with Crippen LogP contribution in [0.5, 0.6) is 0 Å². The van der Waals surface area contributed by atoms with E-state index in [9.17, 15) is 14.4 Å². The number of ether oxygens (including phenoxy) is 1. The first-order valence-electron chi connectivity index (χ1n) is 9.02. The lowest BCUT2D eigenvalue weighted by Crippen LogP contribution is -2.44. The third kappa shape index (κ3) is 4.59. The molecule has 0 unspecified atom stereocenters. The maximum absolute atomic E-state index is 12.9. The number of halogens is 1. The van der Waals surface area contributed by atoms with Crippen LogP contribution in [0.4, 0.5) is 5.69 Å². The zero-order valence-corrected chi connectivity index (χ0v) is 16.2. The second kappa shape index (κ2) is 9.19. The van der Waals surface area contributed by atoms with E-state index in [-0.39, 0.29) is 36.2 Å². The van der Waals surface area contributed by atoms with E-state index in [0.717, 1.165) is 32.4 Å². The summed E-state index contributed by atoms with van der Waals surface area (Å²) >= 11 is 0. The van der Waals surface area contributed by atoms with Gasteiger partial charge in [-0.25, -0.2) is 0 Å². The standard InChI is InChI=1S/C19H25N3O4.ClH/c1-26-16(23)11-21-17(24)13-5-7-15(8-6-13)22-18(25)19-9-3-2-4-14(19)10-20-12-19;/h5-8,14,20H,2-4,9-12H2,1H3,(H,21,24)(H,22,25);1H/t14-,19+;/m0./s1. The van der Waals surface area contributed by atoms with Gasteiger partial charge in [0.15, 0.2) is 0 Å². The summed E-state index contributed by atoms with van der Waals surface area (Å²) in [6, 6.07) is 6.68. The van der Waals surface area contributed by atoms with Crippen molar-refractivity contribution >= 4 is 35.9 Å². The first-order valence-corrected chi connectivity index (χ1v) is 9.02. The zero-order valence-electron chi connectivity index (χ0n) is 15.4. The molecular weight excluding hydrogens is 370 g/mol. The molecule has 8 heteroatoms. The van der Waals surface area contributed by atoms with Gasteiger partial charge in [-0.05, 0) is 49.6 Å². The average molecular weight is 396 g/mol. The van der Waals surface area contributed by atoms with E-state index in [0.29, 0.717) is 17.2 Å². The Morgan fingerprint density at radius 3 is 2.67 bits per heavy atom. The number of benzene rings is 1. The van der Waals surface area contributed by atoms with Crippen molar-refractivity contribution in [1.82, 2.24) is 10.6 Å². The number of methoxy groups -OCH3 is 1. The van der Waals surface area contributed by atoms with Gasteiger partial charge in [0.1, 0.15) is 6.54 Å². The molecule has 2 aliphatic rings. The summed E-state index contributed by atoms with van der Waals surface area (Å²) in [6.07, 6.45) is 4.30. The topological polar surface area (TPSA) is 96.5 Å². The highest BCUT2D eigenvalue weighted by Gasteiger charge is 2.49. The molecule has 1 aromatic rings. The van der Waals surface area contributed by atoms with Gasteiger partial charge in [-0.2, -0.15) is 0 Å². The molecule has 1 aliphatic carbocycles. The molecule has 0 bridgehead atoms. The highest BCUT2D eigenvalue weighted by molar-refractivity contribution is 5.98.